The molecular formula is C12H13FN2OS. The quantitative estimate of drug-likeness (QED) is 0.834. The van der Waals surface area contributed by atoms with E-state index in [2.05, 4.69) is 0 Å². The van der Waals surface area contributed by atoms with Gasteiger partial charge in [0.25, 0.3) is 0 Å². The third kappa shape index (κ3) is 2.24. The molecule has 1 aromatic heterocycles. The Morgan fingerprint density at radius 1 is 1.41 bits per heavy atom. The Hall–Kier alpha value is -1.62. The number of hydrogen-bond donors (Lipinski definition) is 1. The number of hydrogen-bond acceptors (Lipinski definition) is 3. The molecule has 90 valence electrons. The highest BCUT2D eigenvalue weighted by Gasteiger charge is 2.09. The molecule has 5 heteroatoms. The number of nitrogens with zero attached hydrogens (tertiary/aromatic N) is 1. The van der Waals surface area contributed by atoms with Crippen LogP contribution in [-0.2, 0) is 6.54 Å². The lowest BCUT2D eigenvalue weighted by atomic mass is 10.1. The third-order valence-electron chi connectivity index (χ3n) is 2.81. The summed E-state index contributed by atoms with van der Waals surface area (Å²) >= 11 is 1.22. The van der Waals surface area contributed by atoms with Crippen LogP contribution in [-0.4, -0.2) is 4.57 Å². The molecule has 0 atom stereocenters. The average molecular weight is 252 g/mol. The van der Waals surface area contributed by atoms with Gasteiger partial charge in [-0.15, -0.1) is 0 Å². The SMILES string of the molecule is Cc1sc(=O)n(Cc2ccc(F)cc2N)c1C. The second-order valence-electron chi connectivity index (χ2n) is 3.94. The van der Waals surface area contributed by atoms with Crippen LogP contribution in [0.4, 0.5) is 10.1 Å². The molecule has 0 fully saturated rings. The van der Waals surface area contributed by atoms with E-state index in [0.29, 0.717) is 12.2 Å². The van der Waals surface area contributed by atoms with E-state index in [9.17, 15) is 9.18 Å². The molecular weight excluding hydrogens is 239 g/mol. The van der Waals surface area contributed by atoms with Crippen molar-refractivity contribution in [2.45, 2.75) is 20.4 Å². The van der Waals surface area contributed by atoms with Gasteiger partial charge < -0.3 is 5.73 Å². The zero-order chi connectivity index (χ0) is 12.6. The van der Waals surface area contributed by atoms with Gasteiger partial charge in [0.2, 0.25) is 0 Å². The molecule has 0 radical (unpaired) electrons. The van der Waals surface area contributed by atoms with Crippen molar-refractivity contribution in [2.24, 2.45) is 0 Å². The van der Waals surface area contributed by atoms with E-state index >= 15 is 0 Å². The van der Waals surface area contributed by atoms with Gasteiger partial charge in [-0.3, -0.25) is 9.36 Å². The fourth-order valence-electron chi connectivity index (χ4n) is 1.65. The number of anilines is 1. The number of aryl methyl sites for hydroxylation is 1. The van der Waals surface area contributed by atoms with Crippen LogP contribution in [0.15, 0.2) is 23.0 Å². The number of nitrogen functional groups attached to an aromatic ring is 1. The summed E-state index contributed by atoms with van der Waals surface area (Å²) in [6, 6.07) is 4.24. The molecule has 1 aromatic carbocycles. The fraction of sp³-hybridized carbons (Fsp3) is 0.250. The third-order valence-corrected chi connectivity index (χ3v) is 3.81. The first-order valence-electron chi connectivity index (χ1n) is 5.20. The molecule has 2 rings (SSSR count). The van der Waals surface area contributed by atoms with Crippen LogP contribution in [0.2, 0.25) is 0 Å². The number of benzene rings is 1. The summed E-state index contributed by atoms with van der Waals surface area (Å²) in [7, 11) is 0. The number of thiazole rings is 1. The normalized spacial score (nSPS) is 10.8. The minimum Gasteiger partial charge on any atom is -0.398 e. The van der Waals surface area contributed by atoms with Crippen molar-refractivity contribution in [3.63, 3.8) is 0 Å². The van der Waals surface area contributed by atoms with Crippen LogP contribution >= 0.6 is 11.3 Å². The molecule has 0 spiro atoms. The van der Waals surface area contributed by atoms with E-state index in [4.69, 9.17) is 5.73 Å². The molecule has 2 aromatic rings. The Morgan fingerprint density at radius 3 is 2.65 bits per heavy atom. The molecule has 3 nitrogen and oxygen atoms in total. The smallest absolute Gasteiger partial charge is 0.307 e. The lowest BCUT2D eigenvalue weighted by Gasteiger charge is -2.08. The van der Waals surface area contributed by atoms with Gasteiger partial charge in [-0.1, -0.05) is 17.4 Å². The highest BCUT2D eigenvalue weighted by atomic mass is 32.1. The van der Waals surface area contributed by atoms with Crippen molar-refractivity contribution < 1.29 is 4.39 Å². The van der Waals surface area contributed by atoms with Crippen LogP contribution in [0.5, 0.6) is 0 Å². The second-order valence-corrected chi connectivity index (χ2v) is 5.10. The summed E-state index contributed by atoms with van der Waals surface area (Å²) in [6.07, 6.45) is 0. The van der Waals surface area contributed by atoms with Crippen molar-refractivity contribution in [3.8, 4) is 0 Å². The van der Waals surface area contributed by atoms with E-state index in [1.54, 1.807) is 10.6 Å². The summed E-state index contributed by atoms with van der Waals surface area (Å²) < 4.78 is 14.6. The van der Waals surface area contributed by atoms with Crippen molar-refractivity contribution in [3.05, 3.63) is 49.8 Å². The summed E-state index contributed by atoms with van der Waals surface area (Å²) in [5.41, 5.74) is 7.79. The van der Waals surface area contributed by atoms with Gasteiger partial charge in [0.1, 0.15) is 5.82 Å². The van der Waals surface area contributed by atoms with Crippen molar-refractivity contribution >= 4 is 17.0 Å². The first-order valence-corrected chi connectivity index (χ1v) is 6.01. The lowest BCUT2D eigenvalue weighted by molar-refractivity contribution is 0.627. The monoisotopic (exact) mass is 252 g/mol. The first-order chi connectivity index (χ1) is 7.99. The first kappa shape index (κ1) is 11.9. The second kappa shape index (κ2) is 4.33. The van der Waals surface area contributed by atoms with Gasteiger partial charge in [0.05, 0.1) is 6.54 Å². The van der Waals surface area contributed by atoms with Crippen LogP contribution in [0.25, 0.3) is 0 Å². The lowest BCUT2D eigenvalue weighted by Crippen LogP contribution is -2.16. The van der Waals surface area contributed by atoms with Gasteiger partial charge in [0, 0.05) is 16.3 Å². The Bertz CT molecular complexity index is 615. The maximum atomic E-state index is 12.9. The molecule has 0 aliphatic heterocycles. The number of halogens is 1. The largest absolute Gasteiger partial charge is 0.398 e. The fourth-order valence-corrected chi connectivity index (χ4v) is 2.48. The molecule has 0 aliphatic carbocycles. The van der Waals surface area contributed by atoms with Gasteiger partial charge in [-0.2, -0.15) is 0 Å². The maximum absolute atomic E-state index is 12.9. The molecule has 17 heavy (non-hydrogen) atoms. The van der Waals surface area contributed by atoms with Crippen molar-refractivity contribution in [2.75, 3.05) is 5.73 Å². The minimum absolute atomic E-state index is 0.0104. The summed E-state index contributed by atoms with van der Waals surface area (Å²) in [5.74, 6) is -0.364. The van der Waals surface area contributed by atoms with Crippen LogP contribution in [0.3, 0.4) is 0 Å². The van der Waals surface area contributed by atoms with Crippen molar-refractivity contribution in [1.29, 1.82) is 0 Å². The maximum Gasteiger partial charge on any atom is 0.307 e. The molecule has 0 aliphatic rings. The van der Waals surface area contributed by atoms with Gasteiger partial charge in [0.15, 0.2) is 0 Å². The number of nitrogens with two attached hydrogens (primary N) is 1. The van der Waals surface area contributed by atoms with E-state index in [-0.39, 0.29) is 10.7 Å². The molecule has 1 heterocycles. The summed E-state index contributed by atoms with van der Waals surface area (Å²) in [5, 5.41) is 0. The highest BCUT2D eigenvalue weighted by Crippen LogP contribution is 2.17. The topological polar surface area (TPSA) is 48.0 Å². The number of aromatic nitrogens is 1. The Morgan fingerprint density at radius 2 is 2.12 bits per heavy atom. The van der Waals surface area contributed by atoms with E-state index < -0.39 is 0 Å². The zero-order valence-electron chi connectivity index (χ0n) is 9.66. The van der Waals surface area contributed by atoms with E-state index in [1.807, 2.05) is 13.8 Å². The molecule has 2 N–H and O–H groups in total. The van der Waals surface area contributed by atoms with Crippen LogP contribution < -0.4 is 10.6 Å². The van der Waals surface area contributed by atoms with Crippen LogP contribution in [0, 0.1) is 19.7 Å². The summed E-state index contributed by atoms with van der Waals surface area (Å²) in [4.78, 5) is 12.7. The summed E-state index contributed by atoms with van der Waals surface area (Å²) in [6.45, 7) is 4.19. The molecule has 0 unspecified atom stereocenters. The van der Waals surface area contributed by atoms with E-state index in [1.165, 1.54) is 23.5 Å². The molecule has 0 saturated heterocycles. The minimum atomic E-state index is -0.364. The zero-order valence-corrected chi connectivity index (χ0v) is 10.5. The van der Waals surface area contributed by atoms with Crippen molar-refractivity contribution in [1.82, 2.24) is 4.57 Å². The molecule has 0 amide bonds. The number of rotatable bonds is 2. The Labute approximate surface area is 102 Å². The predicted octanol–water partition coefficient (Wildman–Crippen LogP) is 2.30. The van der Waals surface area contributed by atoms with E-state index in [0.717, 1.165) is 16.1 Å². The Balaban J connectivity index is 2.41. The molecule has 0 saturated carbocycles. The van der Waals surface area contributed by atoms with Gasteiger partial charge in [-0.05, 0) is 31.5 Å². The van der Waals surface area contributed by atoms with Gasteiger partial charge in [-0.25, -0.2) is 4.39 Å². The van der Waals surface area contributed by atoms with Crippen LogP contribution in [0.1, 0.15) is 16.1 Å². The van der Waals surface area contributed by atoms with Gasteiger partial charge >= 0.3 is 4.87 Å². The average Bonchev–Trinajstić information content (AvgIpc) is 2.48. The standard InChI is InChI=1S/C12H13FN2OS/c1-7-8(2)17-12(16)15(7)6-9-3-4-10(13)5-11(9)14/h3-5H,6,14H2,1-2H3. The Kier molecular flexibility index (Phi) is 3.02. The molecule has 0 bridgehead atoms. The highest BCUT2D eigenvalue weighted by molar-refractivity contribution is 7.09. The predicted molar refractivity (Wildman–Crippen MR) is 68.0 cm³/mol.